The number of nitrogens with zero attached hydrogens (tertiary/aromatic N) is 2. The van der Waals surface area contributed by atoms with Crippen LogP contribution in [0.15, 0.2) is 22.9 Å². The van der Waals surface area contributed by atoms with Crippen LogP contribution < -0.4 is 5.73 Å². The Hall–Kier alpha value is -0.853. The van der Waals surface area contributed by atoms with Crippen molar-refractivity contribution < 1.29 is 4.74 Å². The van der Waals surface area contributed by atoms with Crippen LogP contribution in [0.1, 0.15) is 0 Å². The molecule has 0 spiro atoms. The summed E-state index contributed by atoms with van der Waals surface area (Å²) in [5.74, 6) is 0. The first kappa shape index (κ1) is 14.6. The van der Waals surface area contributed by atoms with Crippen molar-refractivity contribution in [3.8, 4) is 0 Å². The molecule has 0 unspecified atom stereocenters. The first-order valence-electron chi connectivity index (χ1n) is 6.34. The molecule has 1 heterocycles. The second-order valence-corrected chi connectivity index (χ2v) is 12.5. The van der Waals surface area contributed by atoms with Crippen molar-refractivity contribution in [1.82, 2.24) is 9.55 Å². The third kappa shape index (κ3) is 3.81. The first-order chi connectivity index (χ1) is 8.87. The molecule has 0 aliphatic heterocycles. The molecule has 0 atom stereocenters. The lowest BCUT2D eigenvalue weighted by molar-refractivity contribution is 0.0898. The standard InChI is InChI=1S/C13H20BrN3OSi/c1-19(2,3)5-4-18-9-17-8-16-13-11(15)6-10(14)7-12(13)17/h6-8H,4-5,9,15H2,1-3H3. The molecular formula is C13H20BrN3OSi. The Bertz CT molecular complexity index is 577. The fourth-order valence-corrected chi connectivity index (χ4v) is 3.02. The van der Waals surface area contributed by atoms with Gasteiger partial charge in [0.15, 0.2) is 0 Å². The lowest BCUT2D eigenvalue weighted by Crippen LogP contribution is -2.21. The molecule has 0 saturated heterocycles. The molecule has 2 N–H and O–H groups in total. The van der Waals surface area contributed by atoms with E-state index >= 15 is 0 Å². The van der Waals surface area contributed by atoms with E-state index in [1.165, 1.54) is 6.04 Å². The van der Waals surface area contributed by atoms with Crippen LogP contribution in [-0.4, -0.2) is 24.2 Å². The van der Waals surface area contributed by atoms with Gasteiger partial charge in [-0.2, -0.15) is 0 Å². The van der Waals surface area contributed by atoms with Gasteiger partial charge in [-0.3, -0.25) is 0 Å². The molecule has 2 aromatic rings. The highest BCUT2D eigenvalue weighted by Crippen LogP contribution is 2.25. The van der Waals surface area contributed by atoms with Crippen molar-refractivity contribution in [1.29, 1.82) is 0 Å². The molecule has 2 rings (SSSR count). The normalized spacial score (nSPS) is 12.2. The number of anilines is 1. The summed E-state index contributed by atoms with van der Waals surface area (Å²) in [6.07, 6.45) is 1.78. The first-order valence-corrected chi connectivity index (χ1v) is 10.8. The maximum Gasteiger partial charge on any atom is 0.124 e. The fourth-order valence-electron chi connectivity index (χ4n) is 1.80. The molecule has 0 amide bonds. The minimum Gasteiger partial charge on any atom is -0.397 e. The van der Waals surface area contributed by atoms with Gasteiger partial charge in [0.25, 0.3) is 0 Å². The number of benzene rings is 1. The number of hydrogen-bond donors (Lipinski definition) is 1. The smallest absolute Gasteiger partial charge is 0.124 e. The highest BCUT2D eigenvalue weighted by molar-refractivity contribution is 9.10. The van der Waals surface area contributed by atoms with Gasteiger partial charge in [-0.25, -0.2) is 4.98 Å². The van der Waals surface area contributed by atoms with Gasteiger partial charge < -0.3 is 15.0 Å². The zero-order valence-corrected chi connectivity index (χ0v) is 14.2. The van der Waals surface area contributed by atoms with E-state index in [1.807, 2.05) is 16.7 Å². The van der Waals surface area contributed by atoms with Crippen LogP contribution in [0.5, 0.6) is 0 Å². The maximum atomic E-state index is 5.94. The van der Waals surface area contributed by atoms with Crippen LogP contribution in [0.3, 0.4) is 0 Å². The second kappa shape index (κ2) is 5.64. The highest BCUT2D eigenvalue weighted by atomic mass is 79.9. The number of halogens is 1. The Morgan fingerprint density at radius 2 is 2.11 bits per heavy atom. The largest absolute Gasteiger partial charge is 0.397 e. The summed E-state index contributed by atoms with van der Waals surface area (Å²) >= 11 is 3.45. The third-order valence-electron chi connectivity index (χ3n) is 2.95. The Morgan fingerprint density at radius 3 is 2.79 bits per heavy atom. The highest BCUT2D eigenvalue weighted by Gasteiger charge is 2.12. The molecule has 0 saturated carbocycles. The number of nitrogen functional groups attached to an aromatic ring is 1. The van der Waals surface area contributed by atoms with E-state index in [2.05, 4.69) is 40.6 Å². The molecule has 1 aromatic heterocycles. The van der Waals surface area contributed by atoms with E-state index in [1.54, 1.807) is 6.33 Å². The number of rotatable bonds is 5. The van der Waals surface area contributed by atoms with Crippen molar-refractivity contribution in [3.63, 3.8) is 0 Å². The van der Waals surface area contributed by atoms with Gasteiger partial charge in [-0.1, -0.05) is 35.6 Å². The summed E-state index contributed by atoms with van der Waals surface area (Å²) in [6.45, 7) is 8.37. The lowest BCUT2D eigenvalue weighted by Gasteiger charge is -2.15. The molecule has 104 valence electrons. The van der Waals surface area contributed by atoms with E-state index < -0.39 is 8.07 Å². The van der Waals surface area contributed by atoms with Crippen LogP contribution in [0.25, 0.3) is 11.0 Å². The zero-order valence-electron chi connectivity index (χ0n) is 11.6. The van der Waals surface area contributed by atoms with Gasteiger partial charge in [-0.15, -0.1) is 0 Å². The molecule has 0 radical (unpaired) electrons. The monoisotopic (exact) mass is 341 g/mol. The summed E-state index contributed by atoms with van der Waals surface area (Å²) < 4.78 is 8.69. The van der Waals surface area contributed by atoms with Crippen LogP contribution in [0, 0.1) is 0 Å². The van der Waals surface area contributed by atoms with Gasteiger partial charge in [0.05, 0.1) is 17.5 Å². The summed E-state index contributed by atoms with van der Waals surface area (Å²) in [7, 11) is -1.03. The molecule has 0 fully saturated rings. The molecule has 0 aliphatic carbocycles. The zero-order chi connectivity index (χ0) is 14.0. The van der Waals surface area contributed by atoms with Gasteiger partial charge >= 0.3 is 0 Å². The molecule has 1 aromatic carbocycles. The van der Waals surface area contributed by atoms with E-state index in [4.69, 9.17) is 10.5 Å². The molecule has 4 nitrogen and oxygen atoms in total. The van der Waals surface area contributed by atoms with Crippen molar-refractivity contribution >= 4 is 40.7 Å². The average molecular weight is 342 g/mol. The van der Waals surface area contributed by atoms with Gasteiger partial charge in [0.1, 0.15) is 12.2 Å². The summed E-state index contributed by atoms with van der Waals surface area (Å²) in [5, 5.41) is 0. The minimum absolute atomic E-state index is 0.525. The average Bonchev–Trinajstić information content (AvgIpc) is 2.66. The van der Waals surface area contributed by atoms with E-state index in [-0.39, 0.29) is 0 Å². The number of ether oxygens (including phenoxy) is 1. The van der Waals surface area contributed by atoms with Gasteiger partial charge in [0.2, 0.25) is 0 Å². The third-order valence-corrected chi connectivity index (χ3v) is 5.11. The fraction of sp³-hybridized carbons (Fsp3) is 0.462. The second-order valence-electron chi connectivity index (χ2n) is 5.93. The predicted molar refractivity (Wildman–Crippen MR) is 86.0 cm³/mol. The van der Waals surface area contributed by atoms with Crippen LogP contribution in [-0.2, 0) is 11.5 Å². The van der Waals surface area contributed by atoms with E-state index in [0.29, 0.717) is 12.4 Å². The number of hydrogen-bond acceptors (Lipinski definition) is 3. The van der Waals surface area contributed by atoms with Crippen molar-refractivity contribution in [2.75, 3.05) is 12.3 Å². The Balaban J connectivity index is 2.05. The molecular weight excluding hydrogens is 322 g/mol. The molecule has 0 bridgehead atoms. The topological polar surface area (TPSA) is 53.1 Å². The van der Waals surface area contributed by atoms with Crippen molar-refractivity contribution in [2.24, 2.45) is 0 Å². The molecule has 19 heavy (non-hydrogen) atoms. The van der Waals surface area contributed by atoms with E-state index in [9.17, 15) is 0 Å². The molecule has 0 aliphatic rings. The number of aromatic nitrogens is 2. The van der Waals surface area contributed by atoms with Crippen LogP contribution >= 0.6 is 15.9 Å². The molecule has 6 heteroatoms. The summed E-state index contributed by atoms with van der Waals surface area (Å²) in [5.41, 5.74) is 8.46. The number of fused-ring (bicyclic) bond motifs is 1. The van der Waals surface area contributed by atoms with Crippen LogP contribution in [0.2, 0.25) is 25.7 Å². The lowest BCUT2D eigenvalue weighted by atomic mass is 10.3. The number of nitrogens with two attached hydrogens (primary N) is 1. The van der Waals surface area contributed by atoms with Crippen molar-refractivity contribution in [3.05, 3.63) is 22.9 Å². The van der Waals surface area contributed by atoms with Gasteiger partial charge in [0, 0.05) is 19.2 Å². The Labute approximate surface area is 123 Å². The summed E-state index contributed by atoms with van der Waals surface area (Å²) in [6, 6.07) is 5.05. The minimum atomic E-state index is -1.03. The maximum absolute atomic E-state index is 5.94. The van der Waals surface area contributed by atoms with Crippen molar-refractivity contribution in [2.45, 2.75) is 32.4 Å². The SMILES string of the molecule is C[Si](C)(C)CCOCn1cnc2c(N)cc(Br)cc21. The Morgan fingerprint density at radius 1 is 1.37 bits per heavy atom. The van der Waals surface area contributed by atoms with Gasteiger partial charge in [-0.05, 0) is 18.2 Å². The quantitative estimate of drug-likeness (QED) is 0.512. The Kier molecular flexibility index (Phi) is 4.32. The summed E-state index contributed by atoms with van der Waals surface area (Å²) in [4.78, 5) is 4.33. The van der Waals surface area contributed by atoms with E-state index in [0.717, 1.165) is 22.1 Å². The van der Waals surface area contributed by atoms with Crippen LogP contribution in [0.4, 0.5) is 5.69 Å². The number of imidazole rings is 1. The predicted octanol–water partition coefficient (Wildman–Crippen LogP) is 3.69.